The molecule has 1 heterocycles. The summed E-state index contributed by atoms with van der Waals surface area (Å²) in [4.78, 5) is 11.7. The first-order valence-corrected chi connectivity index (χ1v) is 5.91. The second kappa shape index (κ2) is 4.62. The Kier molecular flexibility index (Phi) is 3.67. The van der Waals surface area contributed by atoms with Crippen LogP contribution in [-0.2, 0) is 10.0 Å². The highest BCUT2D eigenvalue weighted by Crippen LogP contribution is 2.31. The summed E-state index contributed by atoms with van der Waals surface area (Å²) in [6.45, 7) is 0.954. The van der Waals surface area contributed by atoms with Gasteiger partial charge in [-0.15, -0.1) is 13.2 Å². The molecule has 0 saturated heterocycles. The Morgan fingerprint density at radius 2 is 2.00 bits per heavy atom. The summed E-state index contributed by atoms with van der Waals surface area (Å²) < 4.78 is 61.6. The molecule has 8 nitrogen and oxygen atoms in total. The summed E-state index contributed by atoms with van der Waals surface area (Å²) in [5, 5.41) is 15.4. The molecule has 0 aromatic carbocycles. The first kappa shape index (κ1) is 15.1. The molecular formula is C7H6F3N3O5S. The predicted molar refractivity (Wildman–Crippen MR) is 53.7 cm³/mol. The van der Waals surface area contributed by atoms with Gasteiger partial charge in [0.25, 0.3) is 5.69 Å². The number of ether oxygens (including phenoxy) is 1. The number of nitrogens with zero attached hydrogens (tertiary/aromatic N) is 2. The van der Waals surface area contributed by atoms with Gasteiger partial charge in [0, 0.05) is 0 Å². The number of halogens is 3. The molecule has 0 amide bonds. The minimum Gasteiger partial charge on any atom is -0.388 e. The minimum absolute atomic E-state index is 0.236. The Morgan fingerprint density at radius 1 is 1.47 bits per heavy atom. The van der Waals surface area contributed by atoms with Crippen molar-refractivity contribution in [2.24, 2.45) is 5.14 Å². The molecule has 0 atom stereocenters. The Labute approximate surface area is 104 Å². The fourth-order valence-electron chi connectivity index (χ4n) is 1.27. The molecule has 0 aliphatic carbocycles. The summed E-state index contributed by atoms with van der Waals surface area (Å²) in [5.41, 5.74) is -1.72. The van der Waals surface area contributed by atoms with E-state index in [1.165, 1.54) is 0 Å². The maximum absolute atomic E-state index is 12.0. The van der Waals surface area contributed by atoms with Gasteiger partial charge in [0.15, 0.2) is 4.90 Å². The Balaban J connectivity index is 3.52. The fraction of sp³-hybridized carbons (Fsp3) is 0.286. The van der Waals surface area contributed by atoms with Gasteiger partial charge < -0.3 is 4.74 Å². The number of alkyl halides is 3. The molecule has 1 aromatic heterocycles. The van der Waals surface area contributed by atoms with E-state index in [1.807, 2.05) is 0 Å². The van der Waals surface area contributed by atoms with Gasteiger partial charge in [-0.25, -0.2) is 18.5 Å². The Morgan fingerprint density at radius 3 is 2.37 bits per heavy atom. The molecule has 0 bridgehead atoms. The smallest absolute Gasteiger partial charge is 0.388 e. The van der Waals surface area contributed by atoms with E-state index < -0.39 is 43.5 Å². The SMILES string of the molecule is Cc1nc(OC(F)(F)F)cc([N+](=O)[O-])c1S(N)(=O)=O. The number of aryl methyl sites for hydroxylation is 1. The molecule has 0 unspecified atom stereocenters. The van der Waals surface area contributed by atoms with Crippen LogP contribution in [0.2, 0.25) is 0 Å². The van der Waals surface area contributed by atoms with E-state index in [1.54, 1.807) is 0 Å². The van der Waals surface area contributed by atoms with Crippen molar-refractivity contribution in [3.63, 3.8) is 0 Å². The van der Waals surface area contributed by atoms with Crippen molar-refractivity contribution in [1.29, 1.82) is 0 Å². The van der Waals surface area contributed by atoms with Gasteiger partial charge in [-0.2, -0.15) is 0 Å². The maximum Gasteiger partial charge on any atom is 0.574 e. The minimum atomic E-state index is -5.11. The van der Waals surface area contributed by atoms with Crippen molar-refractivity contribution < 1.29 is 31.2 Å². The first-order chi connectivity index (χ1) is 8.42. The lowest BCUT2D eigenvalue weighted by Gasteiger charge is -2.10. The van der Waals surface area contributed by atoms with E-state index in [-0.39, 0.29) is 6.07 Å². The number of nitro groups is 1. The fourth-order valence-corrected chi connectivity index (χ4v) is 2.16. The molecule has 2 N–H and O–H groups in total. The average molecular weight is 301 g/mol. The van der Waals surface area contributed by atoms with Crippen molar-refractivity contribution in [3.8, 4) is 5.88 Å². The summed E-state index contributed by atoms with van der Waals surface area (Å²) in [6, 6.07) is 0.236. The highest BCUT2D eigenvalue weighted by molar-refractivity contribution is 7.89. The van der Waals surface area contributed by atoms with Crippen molar-refractivity contribution in [1.82, 2.24) is 4.98 Å². The molecule has 1 aromatic rings. The van der Waals surface area contributed by atoms with Crippen LogP contribution < -0.4 is 9.88 Å². The maximum atomic E-state index is 12.0. The predicted octanol–water partition coefficient (Wildman–Crippen LogP) is 0.844. The Bertz CT molecular complexity index is 628. The lowest BCUT2D eigenvalue weighted by Crippen LogP contribution is -2.20. The third-order valence-corrected chi connectivity index (χ3v) is 2.87. The van der Waals surface area contributed by atoms with Gasteiger partial charge in [-0.05, 0) is 6.92 Å². The number of sulfonamides is 1. The molecule has 0 fully saturated rings. The summed E-state index contributed by atoms with van der Waals surface area (Å²) in [7, 11) is -4.51. The summed E-state index contributed by atoms with van der Waals surface area (Å²) >= 11 is 0. The van der Waals surface area contributed by atoms with Crippen LogP contribution in [-0.4, -0.2) is 24.7 Å². The highest BCUT2D eigenvalue weighted by Gasteiger charge is 2.35. The number of nitrogens with two attached hydrogens (primary N) is 1. The van der Waals surface area contributed by atoms with Crippen LogP contribution in [0.5, 0.6) is 5.88 Å². The third-order valence-electron chi connectivity index (χ3n) is 1.80. The van der Waals surface area contributed by atoms with Crippen molar-refractivity contribution in [3.05, 3.63) is 21.9 Å². The number of hydrogen-bond acceptors (Lipinski definition) is 6. The normalized spacial score (nSPS) is 12.3. The van der Waals surface area contributed by atoms with Crippen LogP contribution in [0.25, 0.3) is 0 Å². The summed E-state index contributed by atoms with van der Waals surface area (Å²) in [6.07, 6.45) is -5.11. The van der Waals surface area contributed by atoms with E-state index >= 15 is 0 Å². The van der Waals surface area contributed by atoms with Gasteiger partial charge in [-0.3, -0.25) is 10.1 Å². The van der Waals surface area contributed by atoms with Gasteiger partial charge >= 0.3 is 6.36 Å². The molecule has 0 spiro atoms. The topological polar surface area (TPSA) is 125 Å². The Hall–Kier alpha value is -1.95. The van der Waals surface area contributed by atoms with Crippen LogP contribution in [0, 0.1) is 17.0 Å². The van der Waals surface area contributed by atoms with E-state index in [0.717, 1.165) is 6.92 Å². The monoisotopic (exact) mass is 301 g/mol. The van der Waals surface area contributed by atoms with E-state index in [2.05, 4.69) is 9.72 Å². The van der Waals surface area contributed by atoms with Gasteiger partial charge in [-0.1, -0.05) is 0 Å². The summed E-state index contributed by atoms with van der Waals surface area (Å²) in [5.74, 6) is -1.15. The number of pyridine rings is 1. The third kappa shape index (κ3) is 3.75. The zero-order valence-electron chi connectivity index (χ0n) is 9.13. The van der Waals surface area contributed by atoms with E-state index in [4.69, 9.17) is 5.14 Å². The molecular weight excluding hydrogens is 295 g/mol. The molecule has 0 saturated carbocycles. The lowest BCUT2D eigenvalue weighted by molar-refractivity contribution is -0.388. The second-order valence-corrected chi connectivity index (χ2v) is 4.74. The quantitative estimate of drug-likeness (QED) is 0.651. The molecule has 0 aliphatic heterocycles. The van der Waals surface area contributed by atoms with Crippen molar-refractivity contribution in [2.75, 3.05) is 0 Å². The van der Waals surface area contributed by atoms with E-state index in [9.17, 15) is 31.7 Å². The number of primary sulfonamides is 1. The van der Waals surface area contributed by atoms with Gasteiger partial charge in [0.2, 0.25) is 15.9 Å². The lowest BCUT2D eigenvalue weighted by atomic mass is 10.3. The molecule has 12 heteroatoms. The molecule has 19 heavy (non-hydrogen) atoms. The molecule has 106 valence electrons. The van der Waals surface area contributed by atoms with Gasteiger partial charge in [0.1, 0.15) is 0 Å². The van der Waals surface area contributed by atoms with E-state index in [0.29, 0.717) is 0 Å². The van der Waals surface area contributed by atoms with Crippen LogP contribution >= 0.6 is 0 Å². The molecule has 0 aliphatic rings. The number of aromatic nitrogens is 1. The van der Waals surface area contributed by atoms with Crippen LogP contribution in [0.3, 0.4) is 0 Å². The molecule has 0 radical (unpaired) electrons. The average Bonchev–Trinajstić information content (AvgIpc) is 2.10. The van der Waals surface area contributed by atoms with Crippen molar-refractivity contribution >= 4 is 15.7 Å². The number of hydrogen-bond donors (Lipinski definition) is 1. The largest absolute Gasteiger partial charge is 0.574 e. The van der Waals surface area contributed by atoms with Gasteiger partial charge in [0.05, 0.1) is 16.7 Å². The van der Waals surface area contributed by atoms with Crippen molar-refractivity contribution in [2.45, 2.75) is 18.2 Å². The van der Waals surface area contributed by atoms with Crippen LogP contribution in [0.15, 0.2) is 11.0 Å². The standard InChI is InChI=1S/C7H6F3N3O5S/c1-3-6(19(11,16)17)4(13(14)15)2-5(12-3)18-7(8,9)10/h2H,1H3,(H2,11,16,17). The zero-order chi connectivity index (χ0) is 15.0. The molecule has 1 rings (SSSR count). The van der Waals surface area contributed by atoms with Crippen LogP contribution in [0.1, 0.15) is 5.69 Å². The van der Waals surface area contributed by atoms with Crippen LogP contribution in [0.4, 0.5) is 18.9 Å². The highest BCUT2D eigenvalue weighted by atomic mass is 32.2. The zero-order valence-corrected chi connectivity index (χ0v) is 9.95. The second-order valence-electron chi connectivity index (χ2n) is 3.24. The number of rotatable bonds is 3. The first-order valence-electron chi connectivity index (χ1n) is 4.36.